The smallest absolute Gasteiger partial charge is 0.377 e. The maximum Gasteiger partial charge on any atom is 0.419 e. The molecule has 2 N–H and O–H groups in total. The quantitative estimate of drug-likeness (QED) is 0.840. The molecule has 122 valence electrons. The van der Waals surface area contributed by atoms with E-state index in [9.17, 15) is 22.4 Å². The number of nitrogens with one attached hydrogen (secondary N) is 2. The molecule has 0 aliphatic carbocycles. The first-order valence-corrected chi connectivity index (χ1v) is 6.36. The summed E-state index contributed by atoms with van der Waals surface area (Å²) in [6.45, 7) is 0.555. The van der Waals surface area contributed by atoms with Crippen LogP contribution in [-0.2, 0) is 15.7 Å². The number of rotatable bonds is 3. The number of amides is 2. The van der Waals surface area contributed by atoms with E-state index >= 15 is 0 Å². The molecule has 2 amide bonds. The lowest BCUT2D eigenvalue weighted by atomic mass is 10.2. The number of carbonyl (C=O) groups excluding carboxylic acids is 1. The van der Waals surface area contributed by atoms with E-state index in [1.54, 1.807) is 0 Å². The third-order valence-corrected chi connectivity index (χ3v) is 3.18. The van der Waals surface area contributed by atoms with Gasteiger partial charge in [0.25, 0.3) is 0 Å². The fourth-order valence-electron chi connectivity index (χ4n) is 2.06. The molecule has 22 heavy (non-hydrogen) atoms. The Morgan fingerprint density at radius 3 is 2.73 bits per heavy atom. The molecule has 1 aromatic carbocycles. The second-order valence-electron chi connectivity index (χ2n) is 4.71. The summed E-state index contributed by atoms with van der Waals surface area (Å²) in [7, 11) is 1.46. The molecule has 0 bridgehead atoms. The summed E-state index contributed by atoms with van der Waals surface area (Å²) >= 11 is 0. The second-order valence-corrected chi connectivity index (χ2v) is 4.71. The molecular formula is C13H14F4N2O3. The molecule has 1 fully saturated rings. The van der Waals surface area contributed by atoms with Crippen molar-refractivity contribution in [2.45, 2.75) is 18.3 Å². The van der Waals surface area contributed by atoms with Crippen LogP contribution in [0.4, 0.5) is 28.0 Å². The minimum atomic E-state index is -4.83. The predicted octanol–water partition coefficient (Wildman–Crippen LogP) is 2.38. The fourth-order valence-corrected chi connectivity index (χ4v) is 2.06. The van der Waals surface area contributed by atoms with Crippen LogP contribution in [0.3, 0.4) is 0 Å². The number of methoxy groups -OCH3 is 1. The van der Waals surface area contributed by atoms with Gasteiger partial charge in [0.05, 0.1) is 24.8 Å². The SMILES string of the molecule is COC1COCC1NC(=O)Nc1ccc(F)c(C(F)(F)F)c1. The fraction of sp³-hybridized carbons (Fsp3) is 0.462. The highest BCUT2D eigenvalue weighted by Gasteiger charge is 2.34. The number of carbonyl (C=O) groups is 1. The Kier molecular flexibility index (Phi) is 4.87. The average molecular weight is 322 g/mol. The zero-order valence-corrected chi connectivity index (χ0v) is 11.5. The van der Waals surface area contributed by atoms with Gasteiger partial charge in [0, 0.05) is 12.8 Å². The van der Waals surface area contributed by atoms with E-state index in [1.165, 1.54) is 7.11 Å². The van der Waals surface area contributed by atoms with E-state index in [0.717, 1.165) is 6.07 Å². The topological polar surface area (TPSA) is 59.6 Å². The molecule has 1 aliphatic heterocycles. The Labute approximate surface area is 123 Å². The third kappa shape index (κ3) is 3.86. The average Bonchev–Trinajstić information content (AvgIpc) is 2.86. The molecule has 1 aliphatic rings. The largest absolute Gasteiger partial charge is 0.419 e. The summed E-state index contributed by atoms with van der Waals surface area (Å²) < 4.78 is 61.1. The van der Waals surface area contributed by atoms with E-state index in [1.807, 2.05) is 0 Å². The van der Waals surface area contributed by atoms with Gasteiger partial charge in [-0.1, -0.05) is 0 Å². The van der Waals surface area contributed by atoms with Gasteiger partial charge < -0.3 is 20.1 Å². The molecule has 1 aromatic rings. The van der Waals surface area contributed by atoms with Crippen LogP contribution in [0.5, 0.6) is 0 Å². The molecule has 0 spiro atoms. The molecule has 2 unspecified atom stereocenters. The maximum absolute atomic E-state index is 13.1. The maximum atomic E-state index is 13.1. The summed E-state index contributed by atoms with van der Waals surface area (Å²) in [4.78, 5) is 11.8. The first kappa shape index (κ1) is 16.5. The highest BCUT2D eigenvalue weighted by molar-refractivity contribution is 5.89. The number of alkyl halides is 3. The molecule has 1 heterocycles. The first-order chi connectivity index (χ1) is 10.3. The van der Waals surface area contributed by atoms with E-state index in [4.69, 9.17) is 9.47 Å². The lowest BCUT2D eigenvalue weighted by Crippen LogP contribution is -2.45. The highest BCUT2D eigenvalue weighted by Crippen LogP contribution is 2.32. The van der Waals surface area contributed by atoms with Crippen LogP contribution in [0.1, 0.15) is 5.56 Å². The van der Waals surface area contributed by atoms with Crippen LogP contribution in [0.15, 0.2) is 18.2 Å². The van der Waals surface area contributed by atoms with Crippen molar-refractivity contribution >= 4 is 11.7 Å². The lowest BCUT2D eigenvalue weighted by molar-refractivity contribution is -0.139. The normalized spacial score (nSPS) is 21.7. The molecule has 2 atom stereocenters. The number of ether oxygens (including phenoxy) is 2. The molecule has 2 rings (SSSR count). The van der Waals surface area contributed by atoms with Crippen molar-refractivity contribution in [2.75, 3.05) is 25.6 Å². The Balaban J connectivity index is 2.03. The van der Waals surface area contributed by atoms with Gasteiger partial charge in [0.15, 0.2) is 0 Å². The highest BCUT2D eigenvalue weighted by atomic mass is 19.4. The summed E-state index contributed by atoms with van der Waals surface area (Å²) in [6.07, 6.45) is -5.16. The zero-order valence-electron chi connectivity index (χ0n) is 11.5. The Hall–Kier alpha value is -1.87. The number of benzene rings is 1. The van der Waals surface area contributed by atoms with Gasteiger partial charge in [-0.25, -0.2) is 9.18 Å². The van der Waals surface area contributed by atoms with Gasteiger partial charge in [0.1, 0.15) is 11.9 Å². The van der Waals surface area contributed by atoms with Crippen LogP contribution >= 0.6 is 0 Å². The van der Waals surface area contributed by atoms with Crippen molar-refractivity contribution in [3.8, 4) is 0 Å². The standard InChI is InChI=1S/C13H14F4N2O3/c1-21-11-6-22-5-10(11)19-12(20)18-7-2-3-9(14)8(4-7)13(15,16)17/h2-4,10-11H,5-6H2,1H3,(H2,18,19,20). The summed E-state index contributed by atoms with van der Waals surface area (Å²) in [6, 6.07) is 1.09. The Morgan fingerprint density at radius 1 is 1.36 bits per heavy atom. The van der Waals surface area contributed by atoms with Gasteiger partial charge in [-0.05, 0) is 18.2 Å². The molecule has 5 nitrogen and oxygen atoms in total. The van der Waals surface area contributed by atoms with Gasteiger partial charge in [-0.15, -0.1) is 0 Å². The number of hydrogen-bond donors (Lipinski definition) is 2. The van der Waals surface area contributed by atoms with Crippen molar-refractivity contribution in [3.05, 3.63) is 29.6 Å². The van der Waals surface area contributed by atoms with Crippen molar-refractivity contribution in [1.82, 2.24) is 5.32 Å². The number of halogens is 4. The zero-order chi connectivity index (χ0) is 16.3. The third-order valence-electron chi connectivity index (χ3n) is 3.18. The van der Waals surface area contributed by atoms with E-state index in [0.29, 0.717) is 18.7 Å². The van der Waals surface area contributed by atoms with E-state index in [-0.39, 0.29) is 18.4 Å². The molecule has 0 saturated carbocycles. The van der Waals surface area contributed by atoms with Crippen LogP contribution in [0, 0.1) is 5.82 Å². The van der Waals surface area contributed by atoms with Crippen molar-refractivity contribution in [2.24, 2.45) is 0 Å². The van der Waals surface area contributed by atoms with Crippen molar-refractivity contribution in [1.29, 1.82) is 0 Å². The number of anilines is 1. The molecule has 0 radical (unpaired) electrons. The van der Waals surface area contributed by atoms with Crippen molar-refractivity contribution < 1.29 is 31.8 Å². The molecular weight excluding hydrogens is 308 g/mol. The predicted molar refractivity (Wildman–Crippen MR) is 69.0 cm³/mol. The number of urea groups is 1. The van der Waals surface area contributed by atoms with Gasteiger partial charge in [-0.2, -0.15) is 13.2 Å². The van der Waals surface area contributed by atoms with Crippen LogP contribution in [-0.4, -0.2) is 38.5 Å². The molecule has 1 saturated heterocycles. The van der Waals surface area contributed by atoms with Crippen LogP contribution in [0.2, 0.25) is 0 Å². The summed E-state index contributed by atoms with van der Waals surface area (Å²) in [5.41, 5.74) is -1.61. The van der Waals surface area contributed by atoms with Gasteiger partial charge in [0.2, 0.25) is 0 Å². The van der Waals surface area contributed by atoms with Gasteiger partial charge >= 0.3 is 12.2 Å². The molecule has 0 aromatic heterocycles. The minimum absolute atomic E-state index is 0.167. The van der Waals surface area contributed by atoms with Crippen LogP contribution in [0.25, 0.3) is 0 Å². The monoisotopic (exact) mass is 322 g/mol. The minimum Gasteiger partial charge on any atom is -0.377 e. The Morgan fingerprint density at radius 2 is 2.09 bits per heavy atom. The van der Waals surface area contributed by atoms with E-state index in [2.05, 4.69) is 10.6 Å². The van der Waals surface area contributed by atoms with Gasteiger partial charge in [-0.3, -0.25) is 0 Å². The lowest BCUT2D eigenvalue weighted by Gasteiger charge is -2.18. The first-order valence-electron chi connectivity index (χ1n) is 6.36. The molecule has 9 heteroatoms. The Bertz CT molecular complexity index is 551. The second kappa shape index (κ2) is 6.49. The number of hydrogen-bond acceptors (Lipinski definition) is 3. The van der Waals surface area contributed by atoms with Crippen molar-refractivity contribution in [3.63, 3.8) is 0 Å². The van der Waals surface area contributed by atoms with E-state index < -0.39 is 29.6 Å². The summed E-state index contributed by atoms with van der Waals surface area (Å²) in [5.74, 6) is -1.40. The summed E-state index contributed by atoms with van der Waals surface area (Å²) in [5, 5.41) is 4.75. The van der Waals surface area contributed by atoms with Crippen LogP contribution < -0.4 is 10.6 Å².